The van der Waals surface area contributed by atoms with Crippen molar-refractivity contribution in [1.82, 2.24) is 10.3 Å². The van der Waals surface area contributed by atoms with Gasteiger partial charge in [-0.3, -0.25) is 11.3 Å². The minimum atomic E-state index is -0.514. The van der Waals surface area contributed by atoms with Gasteiger partial charge in [-0.25, -0.2) is 9.18 Å². The molecule has 1 amide bonds. The molecule has 1 saturated heterocycles. The van der Waals surface area contributed by atoms with Crippen LogP contribution in [0.15, 0.2) is 18.2 Å². The smallest absolute Gasteiger partial charge is 0.410 e. The lowest BCUT2D eigenvalue weighted by molar-refractivity contribution is 0.0285. The molecule has 1 fully saturated rings. The van der Waals surface area contributed by atoms with Crippen LogP contribution in [0.25, 0.3) is 0 Å². The van der Waals surface area contributed by atoms with Gasteiger partial charge < -0.3 is 9.64 Å². The van der Waals surface area contributed by atoms with Gasteiger partial charge in [-0.15, -0.1) is 0 Å². The van der Waals surface area contributed by atoms with E-state index in [1.807, 2.05) is 33.8 Å². The van der Waals surface area contributed by atoms with Crippen LogP contribution in [0.1, 0.15) is 44.4 Å². The van der Waals surface area contributed by atoms with Crippen molar-refractivity contribution in [2.45, 2.75) is 45.8 Å². The molecule has 0 bridgehead atoms. The maximum atomic E-state index is 13.6. The monoisotopic (exact) mass is 323 g/mol. The van der Waals surface area contributed by atoms with Gasteiger partial charge in [0.25, 0.3) is 0 Å². The Kier molecular flexibility index (Phi) is 5.26. The summed E-state index contributed by atoms with van der Waals surface area (Å²) in [5, 5.41) is 0. The van der Waals surface area contributed by atoms with Crippen LogP contribution in [-0.4, -0.2) is 29.7 Å². The van der Waals surface area contributed by atoms with Crippen LogP contribution < -0.4 is 11.3 Å². The Labute approximate surface area is 137 Å². The molecule has 2 rings (SSSR count). The van der Waals surface area contributed by atoms with Crippen molar-refractivity contribution in [2.24, 2.45) is 11.8 Å². The lowest BCUT2D eigenvalue weighted by Gasteiger charge is -2.26. The number of benzene rings is 1. The van der Waals surface area contributed by atoms with E-state index in [0.29, 0.717) is 13.1 Å². The number of hydrogen-bond acceptors (Lipinski definition) is 4. The molecular formula is C17H26FN3O2. The number of halogens is 1. The number of nitrogens with one attached hydrogen (secondary N) is 1. The Bertz CT molecular complexity index is 551. The first kappa shape index (κ1) is 17.7. The molecule has 1 heterocycles. The first-order chi connectivity index (χ1) is 10.7. The van der Waals surface area contributed by atoms with E-state index in [0.717, 1.165) is 17.5 Å². The maximum absolute atomic E-state index is 13.6. The molecule has 0 aromatic heterocycles. The van der Waals surface area contributed by atoms with Crippen LogP contribution in [0.4, 0.5) is 9.18 Å². The van der Waals surface area contributed by atoms with Crippen LogP contribution in [0.3, 0.4) is 0 Å². The fraction of sp³-hybridized carbons (Fsp3) is 0.588. The summed E-state index contributed by atoms with van der Waals surface area (Å²) in [5.74, 6) is 5.54. The number of carbonyl (C=O) groups excluding carboxylic acids is 1. The molecule has 1 aliphatic heterocycles. The summed E-state index contributed by atoms with van der Waals surface area (Å²) in [6.45, 7) is 8.54. The summed E-state index contributed by atoms with van der Waals surface area (Å²) >= 11 is 0. The number of ether oxygens (including phenoxy) is 1. The second-order valence-corrected chi connectivity index (χ2v) is 7.18. The molecule has 2 unspecified atom stereocenters. The predicted octanol–water partition coefficient (Wildman–Crippen LogP) is 2.90. The predicted molar refractivity (Wildman–Crippen MR) is 87.1 cm³/mol. The van der Waals surface area contributed by atoms with E-state index in [1.54, 1.807) is 4.90 Å². The Morgan fingerprint density at radius 1 is 1.43 bits per heavy atom. The van der Waals surface area contributed by atoms with Gasteiger partial charge in [-0.05, 0) is 63.3 Å². The summed E-state index contributed by atoms with van der Waals surface area (Å²) in [7, 11) is 0. The second kappa shape index (κ2) is 6.84. The number of amides is 1. The SMILES string of the molecule is Cc1cc(F)cc(C(NN)C2CCN(C(=O)OC(C)(C)C)C2)c1. The van der Waals surface area contributed by atoms with Crippen LogP contribution in [-0.2, 0) is 4.74 Å². The molecule has 0 radical (unpaired) electrons. The van der Waals surface area contributed by atoms with Crippen LogP contribution >= 0.6 is 0 Å². The Morgan fingerprint density at radius 3 is 2.70 bits per heavy atom. The van der Waals surface area contributed by atoms with E-state index < -0.39 is 5.60 Å². The minimum Gasteiger partial charge on any atom is -0.444 e. The molecule has 23 heavy (non-hydrogen) atoms. The molecule has 1 aliphatic rings. The summed E-state index contributed by atoms with van der Waals surface area (Å²) < 4.78 is 19.1. The number of nitrogens with zero attached hydrogens (tertiary/aromatic N) is 1. The fourth-order valence-electron chi connectivity index (χ4n) is 3.00. The normalized spacial score (nSPS) is 19.7. The van der Waals surface area contributed by atoms with Crippen molar-refractivity contribution in [3.63, 3.8) is 0 Å². The highest BCUT2D eigenvalue weighted by Crippen LogP contribution is 2.31. The van der Waals surface area contributed by atoms with Crippen molar-refractivity contribution in [2.75, 3.05) is 13.1 Å². The molecular weight excluding hydrogens is 297 g/mol. The Hall–Kier alpha value is -1.66. The van der Waals surface area contributed by atoms with Crippen molar-refractivity contribution in [3.05, 3.63) is 35.1 Å². The highest BCUT2D eigenvalue weighted by atomic mass is 19.1. The molecule has 1 aromatic carbocycles. The van der Waals surface area contributed by atoms with E-state index in [9.17, 15) is 9.18 Å². The van der Waals surface area contributed by atoms with Gasteiger partial charge in [0, 0.05) is 13.1 Å². The van der Waals surface area contributed by atoms with Crippen molar-refractivity contribution in [3.8, 4) is 0 Å². The number of aryl methyl sites for hydroxylation is 1. The van der Waals surface area contributed by atoms with Gasteiger partial charge in [0.2, 0.25) is 0 Å². The first-order valence-corrected chi connectivity index (χ1v) is 7.91. The molecule has 0 saturated carbocycles. The number of hydrogen-bond donors (Lipinski definition) is 2. The van der Waals surface area contributed by atoms with E-state index in [2.05, 4.69) is 5.43 Å². The maximum Gasteiger partial charge on any atom is 0.410 e. The van der Waals surface area contributed by atoms with Crippen molar-refractivity contribution < 1.29 is 13.9 Å². The summed E-state index contributed by atoms with van der Waals surface area (Å²) in [5.41, 5.74) is 3.92. The molecule has 6 heteroatoms. The van der Waals surface area contributed by atoms with Gasteiger partial charge >= 0.3 is 6.09 Å². The van der Waals surface area contributed by atoms with Crippen LogP contribution in [0.5, 0.6) is 0 Å². The number of hydrazine groups is 1. The molecule has 3 N–H and O–H groups in total. The van der Waals surface area contributed by atoms with Crippen LogP contribution in [0.2, 0.25) is 0 Å². The summed E-state index contributed by atoms with van der Waals surface area (Å²) in [6.07, 6.45) is 0.482. The number of carbonyl (C=O) groups is 1. The molecule has 0 spiro atoms. The number of rotatable bonds is 3. The molecule has 5 nitrogen and oxygen atoms in total. The minimum absolute atomic E-state index is 0.119. The lowest BCUT2D eigenvalue weighted by atomic mass is 9.92. The third kappa shape index (κ3) is 4.65. The third-order valence-electron chi connectivity index (χ3n) is 3.95. The van der Waals surface area contributed by atoms with Crippen molar-refractivity contribution >= 4 is 6.09 Å². The second-order valence-electron chi connectivity index (χ2n) is 7.18. The topological polar surface area (TPSA) is 67.6 Å². The highest BCUT2D eigenvalue weighted by molar-refractivity contribution is 5.68. The summed E-state index contributed by atoms with van der Waals surface area (Å²) in [6, 6.07) is 4.70. The zero-order valence-corrected chi connectivity index (χ0v) is 14.2. The van der Waals surface area contributed by atoms with Gasteiger partial charge in [0.1, 0.15) is 11.4 Å². The zero-order chi connectivity index (χ0) is 17.2. The van der Waals surface area contributed by atoms with E-state index in [1.165, 1.54) is 12.1 Å². The fourth-order valence-corrected chi connectivity index (χ4v) is 3.00. The van der Waals surface area contributed by atoms with Gasteiger partial charge in [-0.2, -0.15) is 0 Å². The standard InChI is InChI=1S/C17H26FN3O2/c1-11-7-13(9-14(18)8-11)15(20-19)12-5-6-21(10-12)16(22)23-17(2,3)4/h7-9,12,15,20H,5-6,10,19H2,1-4H3. The summed E-state index contributed by atoms with van der Waals surface area (Å²) in [4.78, 5) is 13.8. The van der Waals surface area contributed by atoms with Gasteiger partial charge in [-0.1, -0.05) is 6.07 Å². The van der Waals surface area contributed by atoms with Gasteiger partial charge in [0.15, 0.2) is 0 Å². The average Bonchev–Trinajstić information content (AvgIpc) is 2.86. The Morgan fingerprint density at radius 2 is 2.13 bits per heavy atom. The number of likely N-dealkylation sites (tertiary alicyclic amines) is 1. The van der Waals surface area contributed by atoms with E-state index >= 15 is 0 Å². The van der Waals surface area contributed by atoms with Gasteiger partial charge in [0.05, 0.1) is 6.04 Å². The Balaban J connectivity index is 2.08. The lowest BCUT2D eigenvalue weighted by Crippen LogP contribution is -2.38. The van der Waals surface area contributed by atoms with Crippen LogP contribution in [0, 0.1) is 18.7 Å². The van der Waals surface area contributed by atoms with E-state index in [-0.39, 0.29) is 23.9 Å². The largest absolute Gasteiger partial charge is 0.444 e. The highest BCUT2D eigenvalue weighted by Gasteiger charge is 2.34. The quantitative estimate of drug-likeness (QED) is 0.663. The zero-order valence-electron chi connectivity index (χ0n) is 14.2. The number of nitrogens with two attached hydrogens (primary N) is 1. The first-order valence-electron chi connectivity index (χ1n) is 7.91. The molecule has 0 aliphatic carbocycles. The van der Waals surface area contributed by atoms with E-state index in [4.69, 9.17) is 10.6 Å². The van der Waals surface area contributed by atoms with Crippen molar-refractivity contribution in [1.29, 1.82) is 0 Å². The average molecular weight is 323 g/mol. The molecule has 1 aromatic rings. The third-order valence-corrected chi connectivity index (χ3v) is 3.95. The molecule has 2 atom stereocenters. The molecule has 128 valence electrons.